The third-order valence-electron chi connectivity index (χ3n) is 5.55. The number of hydrogen-bond acceptors (Lipinski definition) is 7. The molecule has 1 N–H and O–H groups in total. The predicted molar refractivity (Wildman–Crippen MR) is 134 cm³/mol. The lowest BCUT2D eigenvalue weighted by Crippen LogP contribution is -2.35. The molecular formula is C26H36N2O6. The molecule has 8 nitrogen and oxygen atoms in total. The Morgan fingerprint density at radius 2 is 1.41 bits per heavy atom. The minimum atomic E-state index is -0.201. The van der Waals surface area contributed by atoms with Crippen molar-refractivity contribution in [3.63, 3.8) is 0 Å². The van der Waals surface area contributed by atoms with Crippen LogP contribution in [-0.2, 0) is 4.79 Å². The summed E-state index contributed by atoms with van der Waals surface area (Å²) in [6, 6.07) is 8.98. The van der Waals surface area contributed by atoms with E-state index in [4.69, 9.17) is 23.7 Å². The van der Waals surface area contributed by atoms with Crippen LogP contribution in [0.3, 0.4) is 0 Å². The fourth-order valence-electron chi connectivity index (χ4n) is 3.60. The van der Waals surface area contributed by atoms with Gasteiger partial charge in [-0.2, -0.15) is 0 Å². The lowest BCUT2D eigenvalue weighted by Gasteiger charge is -2.19. The highest BCUT2D eigenvalue weighted by Crippen LogP contribution is 2.39. The SMILES string of the molecule is CCN(CC)CCNC(=O)/C(=C/c1cc(OC)c(OC)c(OC)c1)c1ccc(OC)c(OC)c1. The maximum Gasteiger partial charge on any atom is 0.251 e. The van der Waals surface area contributed by atoms with E-state index in [-0.39, 0.29) is 5.91 Å². The predicted octanol–water partition coefficient (Wildman–Crippen LogP) is 3.73. The molecule has 0 aliphatic heterocycles. The van der Waals surface area contributed by atoms with Crippen LogP contribution in [0.25, 0.3) is 11.6 Å². The van der Waals surface area contributed by atoms with Crippen LogP contribution in [0.15, 0.2) is 30.3 Å². The second kappa shape index (κ2) is 13.3. The van der Waals surface area contributed by atoms with Gasteiger partial charge in [0, 0.05) is 18.7 Å². The summed E-state index contributed by atoms with van der Waals surface area (Å²) in [4.78, 5) is 15.6. The Labute approximate surface area is 202 Å². The van der Waals surface area contributed by atoms with Gasteiger partial charge >= 0.3 is 0 Å². The first-order chi connectivity index (χ1) is 16.5. The van der Waals surface area contributed by atoms with Crippen molar-refractivity contribution in [2.45, 2.75) is 13.8 Å². The van der Waals surface area contributed by atoms with E-state index in [9.17, 15) is 4.79 Å². The van der Waals surface area contributed by atoms with Crippen LogP contribution in [0, 0.1) is 0 Å². The molecule has 34 heavy (non-hydrogen) atoms. The molecule has 0 fully saturated rings. The molecule has 0 spiro atoms. The van der Waals surface area contributed by atoms with Gasteiger partial charge in [-0.3, -0.25) is 4.79 Å². The molecule has 0 aliphatic rings. The molecule has 0 saturated carbocycles. The van der Waals surface area contributed by atoms with E-state index >= 15 is 0 Å². The molecule has 2 aromatic rings. The Kier molecular flexibility index (Phi) is 10.5. The smallest absolute Gasteiger partial charge is 0.251 e. The van der Waals surface area contributed by atoms with Crippen LogP contribution in [0.1, 0.15) is 25.0 Å². The van der Waals surface area contributed by atoms with E-state index in [1.165, 1.54) is 0 Å². The van der Waals surface area contributed by atoms with Crippen LogP contribution in [-0.4, -0.2) is 72.5 Å². The first kappa shape index (κ1) is 26.9. The highest BCUT2D eigenvalue weighted by Gasteiger charge is 2.18. The number of methoxy groups -OCH3 is 5. The number of ether oxygens (including phenoxy) is 5. The molecule has 0 aliphatic carbocycles. The van der Waals surface area contributed by atoms with Crippen molar-refractivity contribution < 1.29 is 28.5 Å². The van der Waals surface area contributed by atoms with Crippen molar-refractivity contribution in [1.29, 1.82) is 0 Å². The monoisotopic (exact) mass is 472 g/mol. The summed E-state index contributed by atoms with van der Waals surface area (Å²) < 4.78 is 27.2. The zero-order chi connectivity index (χ0) is 25.1. The van der Waals surface area contributed by atoms with E-state index in [1.54, 1.807) is 65.9 Å². The minimum Gasteiger partial charge on any atom is -0.493 e. The largest absolute Gasteiger partial charge is 0.493 e. The Bertz CT molecular complexity index is 960. The van der Waals surface area contributed by atoms with Gasteiger partial charge < -0.3 is 33.9 Å². The average Bonchev–Trinajstić information content (AvgIpc) is 2.88. The number of nitrogens with zero attached hydrogens (tertiary/aromatic N) is 1. The van der Waals surface area contributed by atoms with Crippen molar-refractivity contribution in [2.24, 2.45) is 0 Å². The van der Waals surface area contributed by atoms with Gasteiger partial charge in [0.15, 0.2) is 23.0 Å². The first-order valence-corrected chi connectivity index (χ1v) is 11.2. The summed E-state index contributed by atoms with van der Waals surface area (Å²) in [6.07, 6.45) is 1.79. The molecule has 0 heterocycles. The van der Waals surface area contributed by atoms with Gasteiger partial charge in [0.25, 0.3) is 5.91 Å². The molecule has 2 aromatic carbocycles. The number of carbonyl (C=O) groups excluding carboxylic acids is 1. The molecule has 0 bridgehead atoms. The highest BCUT2D eigenvalue weighted by atomic mass is 16.5. The van der Waals surface area contributed by atoms with Crippen LogP contribution >= 0.6 is 0 Å². The summed E-state index contributed by atoms with van der Waals surface area (Å²) in [7, 11) is 7.80. The third-order valence-corrected chi connectivity index (χ3v) is 5.55. The molecule has 0 saturated heterocycles. The highest BCUT2D eigenvalue weighted by molar-refractivity contribution is 6.24. The van der Waals surface area contributed by atoms with Gasteiger partial charge in [-0.25, -0.2) is 0 Å². The number of hydrogen-bond donors (Lipinski definition) is 1. The van der Waals surface area contributed by atoms with Crippen molar-refractivity contribution in [3.8, 4) is 28.7 Å². The van der Waals surface area contributed by atoms with Crippen LogP contribution in [0.2, 0.25) is 0 Å². The van der Waals surface area contributed by atoms with E-state index < -0.39 is 0 Å². The van der Waals surface area contributed by atoms with Gasteiger partial charge in [-0.15, -0.1) is 0 Å². The Hall–Kier alpha value is -3.39. The second-order valence-electron chi connectivity index (χ2n) is 7.37. The quantitative estimate of drug-likeness (QED) is 0.352. The molecule has 186 valence electrons. The number of nitrogens with one attached hydrogen (secondary N) is 1. The number of amides is 1. The van der Waals surface area contributed by atoms with E-state index in [0.29, 0.717) is 46.4 Å². The summed E-state index contributed by atoms with van der Waals surface area (Å²) >= 11 is 0. The van der Waals surface area contributed by atoms with Crippen molar-refractivity contribution in [1.82, 2.24) is 10.2 Å². The average molecular weight is 473 g/mol. The molecule has 0 unspecified atom stereocenters. The summed E-state index contributed by atoms with van der Waals surface area (Å²) in [5.74, 6) is 2.40. The summed E-state index contributed by atoms with van der Waals surface area (Å²) in [5.41, 5.74) is 1.87. The van der Waals surface area contributed by atoms with Crippen LogP contribution in [0.4, 0.5) is 0 Å². The molecule has 0 radical (unpaired) electrons. The molecule has 8 heteroatoms. The lowest BCUT2D eigenvalue weighted by molar-refractivity contribution is -0.115. The standard InChI is InChI=1S/C26H36N2O6/c1-8-28(9-2)13-12-27-26(29)20(19-10-11-21(30-3)22(17-19)31-4)14-18-15-23(32-5)25(34-7)24(16-18)33-6/h10-11,14-17H,8-9,12-13H2,1-7H3,(H,27,29)/b20-14+. The number of rotatable bonds is 13. The maximum absolute atomic E-state index is 13.3. The Balaban J connectivity index is 2.53. The van der Waals surface area contributed by atoms with E-state index in [0.717, 1.165) is 25.2 Å². The third kappa shape index (κ3) is 6.57. The van der Waals surface area contributed by atoms with Crippen LogP contribution < -0.4 is 29.0 Å². The first-order valence-electron chi connectivity index (χ1n) is 11.2. The molecular weight excluding hydrogens is 436 g/mol. The molecule has 0 aromatic heterocycles. The maximum atomic E-state index is 13.3. The van der Waals surface area contributed by atoms with Gasteiger partial charge in [0.1, 0.15) is 0 Å². The zero-order valence-electron chi connectivity index (χ0n) is 21.2. The Morgan fingerprint density at radius 1 is 0.824 bits per heavy atom. The number of benzene rings is 2. The molecule has 2 rings (SSSR count). The lowest BCUT2D eigenvalue weighted by atomic mass is 10.0. The van der Waals surface area contributed by atoms with E-state index in [1.807, 2.05) is 6.07 Å². The van der Waals surface area contributed by atoms with Crippen molar-refractivity contribution in [3.05, 3.63) is 41.5 Å². The zero-order valence-corrected chi connectivity index (χ0v) is 21.2. The van der Waals surface area contributed by atoms with E-state index in [2.05, 4.69) is 24.1 Å². The molecule has 1 amide bonds. The van der Waals surface area contributed by atoms with Gasteiger partial charge in [-0.1, -0.05) is 19.9 Å². The minimum absolute atomic E-state index is 0.201. The normalized spacial score (nSPS) is 11.2. The van der Waals surface area contributed by atoms with Gasteiger partial charge in [-0.05, 0) is 54.6 Å². The fourth-order valence-corrected chi connectivity index (χ4v) is 3.60. The van der Waals surface area contributed by atoms with Crippen LogP contribution in [0.5, 0.6) is 28.7 Å². The van der Waals surface area contributed by atoms with Crippen molar-refractivity contribution >= 4 is 17.6 Å². The van der Waals surface area contributed by atoms with Crippen molar-refractivity contribution in [2.75, 3.05) is 61.7 Å². The van der Waals surface area contributed by atoms with Gasteiger partial charge in [0.05, 0.1) is 35.5 Å². The summed E-state index contributed by atoms with van der Waals surface area (Å²) in [6.45, 7) is 7.35. The number of likely N-dealkylation sites (N-methyl/N-ethyl adjacent to an activating group) is 1. The fraction of sp³-hybridized carbons (Fsp3) is 0.423. The Morgan fingerprint density at radius 3 is 1.91 bits per heavy atom. The number of carbonyl (C=O) groups is 1. The molecule has 0 atom stereocenters. The summed E-state index contributed by atoms with van der Waals surface area (Å²) in [5, 5.41) is 3.04. The second-order valence-corrected chi connectivity index (χ2v) is 7.37. The van der Waals surface area contributed by atoms with Gasteiger partial charge in [0.2, 0.25) is 5.75 Å². The topological polar surface area (TPSA) is 78.5 Å².